The maximum Gasteiger partial charge on any atom is 0.213 e. The molecule has 5 heteroatoms. The fourth-order valence-electron chi connectivity index (χ4n) is 2.25. The lowest BCUT2D eigenvalue weighted by molar-refractivity contribution is 0.553. The van der Waals surface area contributed by atoms with Gasteiger partial charge in [0.25, 0.3) is 0 Å². The molecule has 0 saturated heterocycles. The summed E-state index contributed by atoms with van der Waals surface area (Å²) in [7, 11) is -3.29. The van der Waals surface area contributed by atoms with Gasteiger partial charge < -0.3 is 0 Å². The summed E-state index contributed by atoms with van der Waals surface area (Å²) in [6, 6.07) is 7.87. The summed E-state index contributed by atoms with van der Waals surface area (Å²) in [5.41, 5.74) is 2.33. The van der Waals surface area contributed by atoms with Gasteiger partial charge in [-0.05, 0) is 30.9 Å². The summed E-state index contributed by atoms with van der Waals surface area (Å²) >= 11 is 5.73. The van der Waals surface area contributed by atoms with Crippen LogP contribution in [0.3, 0.4) is 0 Å². The van der Waals surface area contributed by atoms with Crippen molar-refractivity contribution in [2.24, 2.45) is 0 Å². The molecule has 17 heavy (non-hydrogen) atoms. The Kier molecular flexibility index (Phi) is 3.76. The van der Waals surface area contributed by atoms with E-state index < -0.39 is 10.0 Å². The minimum absolute atomic E-state index is 0.0345. The number of rotatable bonds is 4. The summed E-state index contributed by atoms with van der Waals surface area (Å²) in [6.45, 7) is 1.68. The molecule has 0 bridgehead atoms. The van der Waals surface area contributed by atoms with Crippen LogP contribution in [0.15, 0.2) is 24.3 Å². The highest BCUT2D eigenvalue weighted by Crippen LogP contribution is 2.31. The lowest BCUT2D eigenvalue weighted by Crippen LogP contribution is -2.32. The lowest BCUT2D eigenvalue weighted by Gasteiger charge is -2.15. The van der Waals surface area contributed by atoms with Crippen molar-refractivity contribution in [3.05, 3.63) is 35.4 Å². The first-order valence-electron chi connectivity index (χ1n) is 5.70. The Hall–Kier alpha value is -0.580. The zero-order chi connectivity index (χ0) is 12.5. The highest BCUT2D eigenvalue weighted by atomic mass is 35.5. The van der Waals surface area contributed by atoms with E-state index in [9.17, 15) is 8.42 Å². The Morgan fingerprint density at radius 1 is 1.47 bits per heavy atom. The third-order valence-corrected chi connectivity index (χ3v) is 4.82. The zero-order valence-corrected chi connectivity index (χ0v) is 11.3. The first-order chi connectivity index (χ1) is 7.98. The van der Waals surface area contributed by atoms with E-state index in [0.717, 1.165) is 18.4 Å². The minimum Gasteiger partial charge on any atom is -0.212 e. The van der Waals surface area contributed by atoms with Crippen LogP contribution in [0, 0.1) is 0 Å². The van der Waals surface area contributed by atoms with Crippen molar-refractivity contribution in [2.75, 3.05) is 5.75 Å². The molecule has 0 heterocycles. The van der Waals surface area contributed by atoms with Gasteiger partial charge in [-0.15, -0.1) is 11.6 Å². The minimum atomic E-state index is -3.29. The molecule has 2 atom stereocenters. The first kappa shape index (κ1) is 12.9. The van der Waals surface area contributed by atoms with Crippen LogP contribution in [-0.4, -0.2) is 19.5 Å². The molecule has 2 rings (SSSR count). The molecule has 0 spiro atoms. The molecule has 0 radical (unpaired) electrons. The second kappa shape index (κ2) is 4.96. The van der Waals surface area contributed by atoms with Gasteiger partial charge in [0.2, 0.25) is 10.0 Å². The summed E-state index contributed by atoms with van der Waals surface area (Å²) in [4.78, 5) is 0. The quantitative estimate of drug-likeness (QED) is 0.855. The number of nitrogens with one attached hydrogen (secondary N) is 1. The maximum absolute atomic E-state index is 11.8. The van der Waals surface area contributed by atoms with Crippen LogP contribution in [0.2, 0.25) is 0 Å². The SMILES string of the molecule is CC(Cl)CS(=O)(=O)NC1CCc2ccccc21. The molecule has 1 aromatic rings. The van der Waals surface area contributed by atoms with Crippen LogP contribution in [0.1, 0.15) is 30.5 Å². The summed E-state index contributed by atoms with van der Waals surface area (Å²) in [5, 5.41) is -0.371. The van der Waals surface area contributed by atoms with Crippen LogP contribution >= 0.6 is 11.6 Å². The third kappa shape index (κ3) is 3.21. The lowest BCUT2D eigenvalue weighted by atomic mass is 10.1. The van der Waals surface area contributed by atoms with E-state index in [-0.39, 0.29) is 17.2 Å². The zero-order valence-electron chi connectivity index (χ0n) is 9.69. The van der Waals surface area contributed by atoms with Crippen molar-refractivity contribution >= 4 is 21.6 Å². The molecule has 0 fully saturated rings. The van der Waals surface area contributed by atoms with E-state index in [1.165, 1.54) is 5.56 Å². The van der Waals surface area contributed by atoms with Crippen LogP contribution in [0.25, 0.3) is 0 Å². The summed E-state index contributed by atoms with van der Waals surface area (Å²) in [5.74, 6) is -0.0345. The van der Waals surface area contributed by atoms with E-state index in [1.54, 1.807) is 6.92 Å². The van der Waals surface area contributed by atoms with Crippen LogP contribution in [-0.2, 0) is 16.4 Å². The van der Waals surface area contributed by atoms with E-state index in [1.807, 2.05) is 24.3 Å². The maximum atomic E-state index is 11.8. The normalized spacial score (nSPS) is 21.2. The Bertz CT molecular complexity index is 499. The van der Waals surface area contributed by atoms with E-state index in [4.69, 9.17) is 11.6 Å². The molecule has 0 aliphatic heterocycles. The van der Waals surface area contributed by atoms with Gasteiger partial charge in [-0.2, -0.15) is 0 Å². The van der Waals surface area contributed by atoms with Crippen LogP contribution < -0.4 is 4.72 Å². The monoisotopic (exact) mass is 273 g/mol. The third-order valence-electron chi connectivity index (χ3n) is 2.90. The number of sulfonamides is 1. The van der Waals surface area contributed by atoms with Crippen LogP contribution in [0.4, 0.5) is 0 Å². The number of halogens is 1. The Balaban J connectivity index is 2.12. The molecule has 2 unspecified atom stereocenters. The van der Waals surface area contributed by atoms with Gasteiger partial charge in [0.15, 0.2) is 0 Å². The van der Waals surface area contributed by atoms with Crippen molar-refractivity contribution in [3.63, 3.8) is 0 Å². The van der Waals surface area contributed by atoms with Gasteiger partial charge in [0.05, 0.1) is 5.75 Å². The predicted octanol–water partition coefficient (Wildman–Crippen LogP) is 2.22. The van der Waals surface area contributed by atoms with Crippen molar-refractivity contribution in [3.8, 4) is 0 Å². The van der Waals surface area contributed by atoms with E-state index in [0.29, 0.717) is 0 Å². The highest BCUT2D eigenvalue weighted by Gasteiger charge is 2.26. The molecule has 0 saturated carbocycles. The molecule has 94 valence electrons. The van der Waals surface area contributed by atoms with Gasteiger partial charge >= 0.3 is 0 Å². The van der Waals surface area contributed by atoms with Gasteiger partial charge in [-0.1, -0.05) is 24.3 Å². The van der Waals surface area contributed by atoms with Crippen molar-refractivity contribution in [1.29, 1.82) is 0 Å². The molecule has 1 N–H and O–H groups in total. The number of hydrogen-bond acceptors (Lipinski definition) is 2. The number of hydrogen-bond donors (Lipinski definition) is 1. The van der Waals surface area contributed by atoms with Gasteiger partial charge in [-0.25, -0.2) is 13.1 Å². The number of alkyl halides is 1. The molecule has 0 aromatic heterocycles. The Morgan fingerprint density at radius 2 is 2.18 bits per heavy atom. The van der Waals surface area contributed by atoms with Gasteiger partial charge in [0, 0.05) is 11.4 Å². The number of aryl methyl sites for hydroxylation is 1. The van der Waals surface area contributed by atoms with Gasteiger partial charge in [0.1, 0.15) is 0 Å². The van der Waals surface area contributed by atoms with E-state index in [2.05, 4.69) is 4.72 Å². The van der Waals surface area contributed by atoms with E-state index >= 15 is 0 Å². The van der Waals surface area contributed by atoms with Crippen molar-refractivity contribution in [1.82, 2.24) is 4.72 Å². The topological polar surface area (TPSA) is 46.2 Å². The smallest absolute Gasteiger partial charge is 0.212 e. The average molecular weight is 274 g/mol. The summed E-state index contributed by atoms with van der Waals surface area (Å²) in [6.07, 6.45) is 1.76. The second-order valence-electron chi connectivity index (χ2n) is 4.47. The fourth-order valence-corrected chi connectivity index (χ4v) is 4.12. The molecule has 0 amide bonds. The molecular weight excluding hydrogens is 258 g/mol. The van der Waals surface area contributed by atoms with Crippen molar-refractivity contribution in [2.45, 2.75) is 31.2 Å². The van der Waals surface area contributed by atoms with Crippen LogP contribution in [0.5, 0.6) is 0 Å². The predicted molar refractivity (Wildman–Crippen MR) is 69.7 cm³/mol. The first-order valence-corrected chi connectivity index (χ1v) is 7.79. The molecule has 3 nitrogen and oxygen atoms in total. The van der Waals surface area contributed by atoms with Crippen molar-refractivity contribution < 1.29 is 8.42 Å². The number of fused-ring (bicyclic) bond motifs is 1. The van der Waals surface area contributed by atoms with Gasteiger partial charge in [-0.3, -0.25) is 0 Å². The molecule has 1 aromatic carbocycles. The largest absolute Gasteiger partial charge is 0.213 e. The average Bonchev–Trinajstić information content (AvgIpc) is 2.59. The number of benzene rings is 1. The Labute approximate surface area is 107 Å². The molecule has 1 aliphatic carbocycles. The molecular formula is C12H16ClNO2S. The fraction of sp³-hybridized carbons (Fsp3) is 0.500. The second-order valence-corrected chi connectivity index (χ2v) is 7.01. The highest BCUT2D eigenvalue weighted by molar-refractivity contribution is 7.89. The Morgan fingerprint density at radius 3 is 2.88 bits per heavy atom. The standard InChI is InChI=1S/C12H16ClNO2S/c1-9(13)8-17(15,16)14-12-7-6-10-4-2-3-5-11(10)12/h2-5,9,12,14H,6-8H2,1H3. The summed E-state index contributed by atoms with van der Waals surface area (Å²) < 4.78 is 26.4. The molecule has 1 aliphatic rings.